The minimum Gasteiger partial charge on any atom is -0.439 e. The van der Waals surface area contributed by atoms with Crippen molar-refractivity contribution in [2.45, 2.75) is 60.8 Å². The molecule has 0 fully saturated rings. The van der Waals surface area contributed by atoms with Gasteiger partial charge in [-0.15, -0.1) is 0 Å². The topological polar surface area (TPSA) is 124 Å². The van der Waals surface area contributed by atoms with E-state index in [1.807, 2.05) is 45.9 Å². The molecule has 2 aromatic carbocycles. The number of fused-ring (bicyclic) bond motifs is 1. The molecule has 2 amide bonds. The Hall–Kier alpha value is -4.21. The predicted molar refractivity (Wildman–Crippen MR) is 145 cm³/mol. The van der Waals surface area contributed by atoms with Crippen LogP contribution in [0.25, 0.3) is 16.8 Å². The summed E-state index contributed by atoms with van der Waals surface area (Å²) < 4.78 is 12.5. The van der Waals surface area contributed by atoms with Gasteiger partial charge in [-0.05, 0) is 53.1 Å². The molecule has 0 bridgehead atoms. The molecule has 0 unspecified atom stereocenters. The molecule has 4 aromatic rings. The summed E-state index contributed by atoms with van der Waals surface area (Å²) in [5.41, 5.74) is 4.47. The first-order chi connectivity index (χ1) is 17.7. The fourth-order valence-electron chi connectivity index (χ4n) is 3.74. The van der Waals surface area contributed by atoms with Gasteiger partial charge in [0.15, 0.2) is 11.5 Å². The average Bonchev–Trinajstić information content (AvgIpc) is 3.42. The minimum atomic E-state index is -0.608. The van der Waals surface area contributed by atoms with E-state index in [9.17, 15) is 9.59 Å². The number of hydrogen-bond donors (Lipinski definition) is 2. The fourth-order valence-corrected chi connectivity index (χ4v) is 3.74. The number of benzene rings is 2. The monoisotopic (exact) mass is 518 g/mol. The number of nitrogens with zero attached hydrogens (tertiary/aromatic N) is 4. The van der Waals surface area contributed by atoms with Gasteiger partial charge in [0.05, 0.1) is 17.6 Å². The Morgan fingerprint density at radius 2 is 1.79 bits per heavy atom. The second-order valence-electron chi connectivity index (χ2n) is 11.6. The van der Waals surface area contributed by atoms with Crippen molar-refractivity contribution >= 4 is 28.8 Å². The van der Waals surface area contributed by atoms with Gasteiger partial charge in [-0.1, -0.05) is 57.9 Å². The third-order valence-electron chi connectivity index (χ3n) is 5.86. The van der Waals surface area contributed by atoms with E-state index in [0.717, 1.165) is 11.1 Å². The Balaban J connectivity index is 1.57. The summed E-state index contributed by atoms with van der Waals surface area (Å²) in [6, 6.07) is 9.17. The molecule has 0 aliphatic heterocycles. The number of carbonyl (C=O) groups is 2. The lowest BCUT2D eigenvalue weighted by molar-refractivity contribution is 0.102. The van der Waals surface area contributed by atoms with Crippen LogP contribution in [0.2, 0.25) is 0 Å². The van der Waals surface area contributed by atoms with Gasteiger partial charge in [-0.25, -0.2) is 14.5 Å². The number of rotatable bonds is 5. The van der Waals surface area contributed by atoms with Crippen molar-refractivity contribution in [3.63, 3.8) is 0 Å². The van der Waals surface area contributed by atoms with Crippen molar-refractivity contribution in [1.82, 2.24) is 25.3 Å². The highest BCUT2D eigenvalue weighted by atomic mass is 16.6. The van der Waals surface area contributed by atoms with Gasteiger partial charge in [-0.2, -0.15) is 0 Å². The van der Waals surface area contributed by atoms with E-state index in [4.69, 9.17) is 9.15 Å². The molecule has 0 aliphatic carbocycles. The zero-order valence-corrected chi connectivity index (χ0v) is 23.1. The van der Waals surface area contributed by atoms with Crippen molar-refractivity contribution in [3.8, 4) is 11.6 Å². The van der Waals surface area contributed by atoms with Crippen molar-refractivity contribution in [2.24, 2.45) is 5.41 Å². The maximum absolute atomic E-state index is 13.3. The zero-order chi connectivity index (χ0) is 27.8. The number of carbonyl (C=O) groups excluding carboxylic acids is 2. The molecule has 200 valence electrons. The van der Waals surface area contributed by atoms with Crippen LogP contribution in [0.15, 0.2) is 40.9 Å². The molecule has 0 aliphatic rings. The number of aryl methyl sites for hydroxylation is 2. The van der Waals surface area contributed by atoms with E-state index in [-0.39, 0.29) is 22.6 Å². The number of nitrogens with one attached hydrogen (secondary N) is 2. The third-order valence-corrected chi connectivity index (χ3v) is 5.86. The van der Waals surface area contributed by atoms with Gasteiger partial charge in [0, 0.05) is 19.0 Å². The van der Waals surface area contributed by atoms with Crippen LogP contribution in [0.1, 0.15) is 68.9 Å². The smallest absolute Gasteiger partial charge is 0.414 e. The second kappa shape index (κ2) is 9.92. The first-order valence-electron chi connectivity index (χ1n) is 12.4. The van der Waals surface area contributed by atoms with Gasteiger partial charge >= 0.3 is 6.09 Å². The van der Waals surface area contributed by atoms with Crippen LogP contribution in [-0.4, -0.2) is 38.5 Å². The van der Waals surface area contributed by atoms with Crippen molar-refractivity contribution in [1.29, 1.82) is 0 Å². The fraction of sp³-hybridized carbons (Fsp3) is 0.393. The Morgan fingerprint density at radius 3 is 2.47 bits per heavy atom. The molecule has 10 heteroatoms. The van der Waals surface area contributed by atoms with Crippen LogP contribution in [-0.2, 0) is 5.41 Å². The van der Waals surface area contributed by atoms with Crippen LogP contribution in [0.3, 0.4) is 0 Å². The summed E-state index contributed by atoms with van der Waals surface area (Å²) in [4.78, 5) is 29.9. The number of amides is 2. The van der Waals surface area contributed by atoms with Crippen LogP contribution in [0.5, 0.6) is 5.88 Å². The lowest BCUT2D eigenvalue weighted by Crippen LogP contribution is -2.34. The zero-order valence-electron chi connectivity index (χ0n) is 23.1. The maximum Gasteiger partial charge on any atom is 0.414 e. The number of hydrogen-bond acceptors (Lipinski definition) is 7. The molecule has 0 radical (unpaired) electrons. The summed E-state index contributed by atoms with van der Waals surface area (Å²) in [7, 11) is 0. The Labute approximate surface area is 221 Å². The second-order valence-corrected chi connectivity index (χ2v) is 11.6. The van der Waals surface area contributed by atoms with E-state index in [0.29, 0.717) is 40.5 Å². The highest BCUT2D eigenvalue weighted by molar-refractivity contribution is 6.08. The largest absolute Gasteiger partial charge is 0.439 e. The SMILES string of the molecule is Cc1nc2cc(C(C)(C)C)cc(NC(=O)c3ccc(C)c(-n4cc(OC(=O)NCC(C)(C)C)nn4)c3)c2o1. The van der Waals surface area contributed by atoms with Crippen LogP contribution in [0, 0.1) is 19.3 Å². The number of aromatic nitrogens is 4. The Bertz CT molecular complexity index is 1500. The van der Waals surface area contributed by atoms with E-state index in [2.05, 4.69) is 46.7 Å². The Morgan fingerprint density at radius 1 is 1.05 bits per heavy atom. The van der Waals surface area contributed by atoms with Gasteiger partial charge in [0.2, 0.25) is 0 Å². The van der Waals surface area contributed by atoms with Crippen LogP contribution < -0.4 is 15.4 Å². The number of ether oxygens (including phenoxy) is 1. The highest BCUT2D eigenvalue weighted by Crippen LogP contribution is 2.32. The molecule has 0 spiro atoms. The highest BCUT2D eigenvalue weighted by Gasteiger charge is 2.21. The summed E-state index contributed by atoms with van der Waals surface area (Å²) in [6.45, 7) is 16.4. The lowest BCUT2D eigenvalue weighted by Gasteiger charge is -2.20. The summed E-state index contributed by atoms with van der Waals surface area (Å²) in [5, 5.41) is 13.7. The average molecular weight is 519 g/mol. The lowest BCUT2D eigenvalue weighted by atomic mass is 9.86. The van der Waals surface area contributed by atoms with Crippen LogP contribution in [0.4, 0.5) is 10.5 Å². The molecular weight excluding hydrogens is 484 g/mol. The first kappa shape index (κ1) is 26.8. The molecule has 38 heavy (non-hydrogen) atoms. The van der Waals surface area contributed by atoms with E-state index in [1.54, 1.807) is 19.1 Å². The third kappa shape index (κ3) is 6.19. The molecule has 10 nitrogen and oxygen atoms in total. The van der Waals surface area contributed by atoms with Crippen LogP contribution >= 0.6 is 0 Å². The summed E-state index contributed by atoms with van der Waals surface area (Å²) >= 11 is 0. The molecule has 0 saturated carbocycles. The van der Waals surface area contributed by atoms with Crippen molar-refractivity contribution in [2.75, 3.05) is 11.9 Å². The molecule has 0 atom stereocenters. The number of anilines is 1. The molecule has 2 aromatic heterocycles. The molecular formula is C28H34N6O4. The number of oxazole rings is 1. The maximum atomic E-state index is 13.3. The molecule has 2 N–H and O–H groups in total. The van der Waals surface area contributed by atoms with Gasteiger partial charge in [0.25, 0.3) is 11.8 Å². The van der Waals surface area contributed by atoms with Crippen molar-refractivity contribution in [3.05, 3.63) is 59.1 Å². The quantitative estimate of drug-likeness (QED) is 0.347. The first-order valence-corrected chi connectivity index (χ1v) is 12.4. The predicted octanol–water partition coefficient (Wildman–Crippen LogP) is 5.71. The normalized spacial score (nSPS) is 12.0. The Kier molecular flexibility index (Phi) is 7.01. The van der Waals surface area contributed by atoms with E-state index in [1.165, 1.54) is 10.9 Å². The minimum absolute atomic E-state index is 0.0488. The standard InChI is InChI=1S/C28H34N6O4/c1-16-9-10-18(11-22(16)34-14-23(32-33-34)38-26(36)29-15-27(3,4)5)25(35)31-21-13-19(28(6,7)8)12-20-24(21)37-17(2)30-20/h9-14H,15H2,1-8H3,(H,29,36)(H,31,35). The molecule has 0 saturated heterocycles. The van der Waals surface area contributed by atoms with Gasteiger partial charge in [-0.3, -0.25) is 4.79 Å². The van der Waals surface area contributed by atoms with E-state index < -0.39 is 6.09 Å². The molecule has 4 rings (SSSR count). The van der Waals surface area contributed by atoms with Crippen molar-refractivity contribution < 1.29 is 18.7 Å². The van der Waals surface area contributed by atoms with E-state index >= 15 is 0 Å². The molecule has 2 heterocycles. The summed E-state index contributed by atoms with van der Waals surface area (Å²) in [5.74, 6) is 0.258. The van der Waals surface area contributed by atoms with Gasteiger partial charge in [0.1, 0.15) is 5.52 Å². The summed E-state index contributed by atoms with van der Waals surface area (Å²) in [6.07, 6.45) is 0.886. The van der Waals surface area contributed by atoms with Gasteiger partial charge < -0.3 is 19.8 Å².